The first-order chi connectivity index (χ1) is 7.70. The van der Waals surface area contributed by atoms with Gasteiger partial charge in [0.1, 0.15) is 4.88 Å². The van der Waals surface area contributed by atoms with E-state index in [2.05, 4.69) is 11.8 Å². The van der Waals surface area contributed by atoms with E-state index in [1.54, 1.807) is 6.07 Å². The summed E-state index contributed by atoms with van der Waals surface area (Å²) < 4.78 is 0. The van der Waals surface area contributed by atoms with Crippen molar-refractivity contribution in [2.75, 3.05) is 18.0 Å². The van der Waals surface area contributed by atoms with E-state index in [0.717, 1.165) is 24.7 Å². The van der Waals surface area contributed by atoms with Gasteiger partial charge in [0.25, 0.3) is 0 Å². The third kappa shape index (κ3) is 2.38. The van der Waals surface area contributed by atoms with E-state index in [9.17, 15) is 4.79 Å². The van der Waals surface area contributed by atoms with Gasteiger partial charge in [-0.3, -0.25) is 0 Å². The van der Waals surface area contributed by atoms with E-state index in [0.29, 0.717) is 4.88 Å². The van der Waals surface area contributed by atoms with Crippen LogP contribution >= 0.6 is 11.3 Å². The minimum absolute atomic E-state index is 0.439. The Bertz CT molecular complexity index is 375. The molecule has 0 aromatic carbocycles. The molecule has 1 unspecified atom stereocenters. The van der Waals surface area contributed by atoms with Crippen LogP contribution in [0.25, 0.3) is 0 Å². The van der Waals surface area contributed by atoms with Crippen LogP contribution in [-0.4, -0.2) is 24.2 Å². The summed E-state index contributed by atoms with van der Waals surface area (Å²) in [6.45, 7) is 4.36. The average Bonchev–Trinajstić information content (AvgIpc) is 2.78. The van der Waals surface area contributed by atoms with Crippen LogP contribution in [0.5, 0.6) is 0 Å². The Hall–Kier alpha value is -1.03. The zero-order valence-corrected chi connectivity index (χ0v) is 10.3. The van der Waals surface area contributed by atoms with Crippen LogP contribution < -0.4 is 4.90 Å². The first-order valence-electron chi connectivity index (χ1n) is 5.77. The summed E-state index contributed by atoms with van der Waals surface area (Å²) in [5, 5.41) is 10.8. The molecule has 0 saturated carbocycles. The van der Waals surface area contributed by atoms with Crippen LogP contribution in [0.3, 0.4) is 0 Å². The third-order valence-corrected chi connectivity index (χ3v) is 4.16. The van der Waals surface area contributed by atoms with E-state index in [1.165, 1.54) is 30.6 Å². The Kier molecular flexibility index (Phi) is 3.49. The van der Waals surface area contributed by atoms with Crippen molar-refractivity contribution in [3.05, 3.63) is 16.3 Å². The lowest BCUT2D eigenvalue weighted by molar-refractivity contribution is 0.0702. The number of piperidine rings is 1. The van der Waals surface area contributed by atoms with Crippen LogP contribution in [0, 0.1) is 5.92 Å². The standard InChI is InChI=1S/C12H17NO2S/c1-2-9-4-3-5-13(7-9)10-6-11(12(14)15)16-8-10/h6,8-9H,2-5,7H2,1H3,(H,14,15). The molecule has 0 amide bonds. The summed E-state index contributed by atoms with van der Waals surface area (Å²) in [6.07, 6.45) is 3.74. The number of anilines is 1. The molecule has 1 aromatic heterocycles. The molecular formula is C12H17NO2S. The fourth-order valence-corrected chi connectivity index (χ4v) is 2.99. The fraction of sp³-hybridized carbons (Fsp3) is 0.583. The van der Waals surface area contributed by atoms with E-state index in [1.807, 2.05) is 5.38 Å². The highest BCUT2D eigenvalue weighted by atomic mass is 32.1. The van der Waals surface area contributed by atoms with Gasteiger partial charge in [-0.1, -0.05) is 13.3 Å². The van der Waals surface area contributed by atoms with E-state index < -0.39 is 5.97 Å². The number of carboxylic acid groups (broad SMARTS) is 1. The van der Waals surface area contributed by atoms with Crippen molar-refractivity contribution in [3.8, 4) is 0 Å². The molecule has 88 valence electrons. The summed E-state index contributed by atoms with van der Waals surface area (Å²) in [7, 11) is 0. The van der Waals surface area contributed by atoms with Crippen molar-refractivity contribution < 1.29 is 9.90 Å². The Balaban J connectivity index is 2.08. The zero-order chi connectivity index (χ0) is 11.5. The van der Waals surface area contributed by atoms with Crippen molar-refractivity contribution in [2.24, 2.45) is 5.92 Å². The number of hydrogen-bond donors (Lipinski definition) is 1. The quantitative estimate of drug-likeness (QED) is 0.881. The lowest BCUT2D eigenvalue weighted by atomic mass is 9.95. The second-order valence-corrected chi connectivity index (χ2v) is 5.25. The van der Waals surface area contributed by atoms with Crippen LogP contribution in [0.2, 0.25) is 0 Å². The van der Waals surface area contributed by atoms with Gasteiger partial charge in [-0.15, -0.1) is 11.3 Å². The van der Waals surface area contributed by atoms with Crippen molar-refractivity contribution in [1.82, 2.24) is 0 Å². The highest BCUT2D eigenvalue weighted by molar-refractivity contribution is 7.12. The molecular weight excluding hydrogens is 222 g/mol. The first kappa shape index (κ1) is 11.5. The number of hydrogen-bond acceptors (Lipinski definition) is 3. The first-order valence-corrected chi connectivity index (χ1v) is 6.65. The number of aromatic carboxylic acids is 1. The third-order valence-electron chi connectivity index (χ3n) is 3.26. The van der Waals surface area contributed by atoms with Crippen LogP contribution in [0.1, 0.15) is 35.9 Å². The van der Waals surface area contributed by atoms with Gasteiger partial charge < -0.3 is 10.0 Å². The Morgan fingerprint density at radius 1 is 1.69 bits per heavy atom. The van der Waals surface area contributed by atoms with Crippen molar-refractivity contribution in [1.29, 1.82) is 0 Å². The highest BCUT2D eigenvalue weighted by Crippen LogP contribution is 2.28. The predicted molar refractivity (Wildman–Crippen MR) is 66.5 cm³/mol. The molecule has 1 aromatic rings. The van der Waals surface area contributed by atoms with Crippen molar-refractivity contribution in [2.45, 2.75) is 26.2 Å². The molecule has 1 atom stereocenters. The maximum absolute atomic E-state index is 10.8. The second-order valence-electron chi connectivity index (χ2n) is 4.34. The van der Waals surface area contributed by atoms with Crippen LogP contribution in [0.15, 0.2) is 11.4 Å². The van der Waals surface area contributed by atoms with Gasteiger partial charge in [-0.2, -0.15) is 0 Å². The van der Waals surface area contributed by atoms with Gasteiger partial charge in [-0.05, 0) is 24.8 Å². The summed E-state index contributed by atoms with van der Waals surface area (Å²) in [5.41, 5.74) is 1.08. The minimum atomic E-state index is -0.819. The summed E-state index contributed by atoms with van der Waals surface area (Å²) >= 11 is 1.32. The largest absolute Gasteiger partial charge is 0.477 e. The van der Waals surface area contributed by atoms with E-state index in [4.69, 9.17) is 5.11 Å². The number of carbonyl (C=O) groups is 1. The smallest absolute Gasteiger partial charge is 0.345 e. The normalized spacial score (nSPS) is 21.1. The predicted octanol–water partition coefficient (Wildman–Crippen LogP) is 3.07. The number of carboxylic acids is 1. The highest BCUT2D eigenvalue weighted by Gasteiger charge is 2.20. The summed E-state index contributed by atoms with van der Waals surface area (Å²) in [4.78, 5) is 13.6. The van der Waals surface area contributed by atoms with Crippen molar-refractivity contribution >= 4 is 23.0 Å². The van der Waals surface area contributed by atoms with Crippen LogP contribution in [-0.2, 0) is 0 Å². The van der Waals surface area contributed by atoms with Gasteiger partial charge in [0, 0.05) is 24.2 Å². The van der Waals surface area contributed by atoms with E-state index >= 15 is 0 Å². The zero-order valence-electron chi connectivity index (χ0n) is 9.48. The summed E-state index contributed by atoms with van der Waals surface area (Å²) in [6, 6.07) is 1.80. The lowest BCUT2D eigenvalue weighted by Gasteiger charge is -2.33. The van der Waals surface area contributed by atoms with Gasteiger partial charge in [0.15, 0.2) is 0 Å². The molecule has 0 aliphatic carbocycles. The SMILES string of the molecule is CCC1CCCN(c2csc(C(=O)O)c2)C1. The van der Waals surface area contributed by atoms with E-state index in [-0.39, 0.29) is 0 Å². The maximum Gasteiger partial charge on any atom is 0.345 e. The fourth-order valence-electron chi connectivity index (χ4n) is 2.24. The van der Waals surface area contributed by atoms with Gasteiger partial charge in [-0.25, -0.2) is 4.79 Å². The minimum Gasteiger partial charge on any atom is -0.477 e. The second kappa shape index (κ2) is 4.87. The molecule has 2 rings (SSSR count). The molecule has 0 radical (unpaired) electrons. The molecule has 1 aliphatic rings. The number of nitrogens with zero attached hydrogens (tertiary/aromatic N) is 1. The Morgan fingerprint density at radius 2 is 2.50 bits per heavy atom. The molecule has 4 heteroatoms. The molecule has 3 nitrogen and oxygen atoms in total. The van der Waals surface area contributed by atoms with Crippen LogP contribution in [0.4, 0.5) is 5.69 Å². The molecule has 1 aliphatic heterocycles. The average molecular weight is 239 g/mol. The maximum atomic E-state index is 10.8. The number of rotatable bonds is 3. The topological polar surface area (TPSA) is 40.5 Å². The number of thiophene rings is 1. The monoisotopic (exact) mass is 239 g/mol. The Labute approximate surface area is 99.7 Å². The molecule has 2 heterocycles. The lowest BCUT2D eigenvalue weighted by Crippen LogP contribution is -2.34. The van der Waals surface area contributed by atoms with Gasteiger partial charge >= 0.3 is 5.97 Å². The van der Waals surface area contributed by atoms with Gasteiger partial charge in [0.2, 0.25) is 0 Å². The van der Waals surface area contributed by atoms with Gasteiger partial charge in [0.05, 0.1) is 0 Å². The molecule has 1 fully saturated rings. The molecule has 1 saturated heterocycles. The van der Waals surface area contributed by atoms with Crippen molar-refractivity contribution in [3.63, 3.8) is 0 Å². The molecule has 16 heavy (non-hydrogen) atoms. The summed E-state index contributed by atoms with van der Waals surface area (Å²) in [5.74, 6) is -0.0535. The molecule has 1 N–H and O–H groups in total. The molecule has 0 bridgehead atoms. The molecule has 0 spiro atoms. The Morgan fingerprint density at radius 3 is 3.12 bits per heavy atom.